The summed E-state index contributed by atoms with van der Waals surface area (Å²) in [6, 6.07) is 0. The van der Waals surface area contributed by atoms with E-state index in [0.717, 1.165) is 9.13 Å². The summed E-state index contributed by atoms with van der Waals surface area (Å²) >= 11 is 3.83. The average Bonchev–Trinajstić information content (AvgIpc) is 2.14. The lowest BCUT2D eigenvalue weighted by molar-refractivity contribution is 0.281. The molecule has 0 saturated carbocycles. The first kappa shape index (κ1) is 6.51. The van der Waals surface area contributed by atoms with Crippen molar-refractivity contribution in [3.63, 3.8) is 0 Å². The molecule has 0 atom stereocenters. The highest BCUT2D eigenvalue weighted by Gasteiger charge is 1.95. The number of hydrogen-bond acceptors (Lipinski definition) is 2. The van der Waals surface area contributed by atoms with Crippen molar-refractivity contribution in [3.05, 3.63) is 19.9 Å². The molecule has 0 saturated heterocycles. The van der Waals surface area contributed by atoms with E-state index in [0.29, 0.717) is 0 Å². The van der Waals surface area contributed by atoms with Crippen LogP contribution in [0, 0.1) is 3.57 Å². The van der Waals surface area contributed by atoms with Gasteiger partial charge in [-0.3, -0.25) is 0 Å². The van der Waals surface area contributed by atoms with E-state index in [1.54, 1.807) is 11.3 Å². The summed E-state index contributed by atoms with van der Waals surface area (Å²) < 4.78 is 1.16. The smallest absolute Gasteiger partial charge is 0.0700 e. The minimum atomic E-state index is 0.168. The molecular weight excluding hydrogens is 235 g/mol. The fourth-order valence-corrected chi connectivity index (χ4v) is 2.10. The molecule has 8 heavy (non-hydrogen) atoms. The highest BCUT2D eigenvalue weighted by Crippen LogP contribution is 2.16. The number of halogens is 1. The van der Waals surface area contributed by atoms with Gasteiger partial charge in [-0.15, -0.1) is 0 Å². The highest BCUT2D eigenvalue weighted by atomic mass is 127. The van der Waals surface area contributed by atoms with Crippen molar-refractivity contribution < 1.29 is 5.11 Å². The van der Waals surface area contributed by atoms with Crippen molar-refractivity contribution in [1.29, 1.82) is 0 Å². The van der Waals surface area contributed by atoms with E-state index < -0.39 is 0 Å². The third-order valence-corrected chi connectivity index (χ3v) is 3.08. The van der Waals surface area contributed by atoms with Gasteiger partial charge in [-0.05, 0) is 28.0 Å². The largest absolute Gasteiger partial charge is 0.392 e. The summed E-state index contributed by atoms with van der Waals surface area (Å²) in [6.45, 7) is 0.168. The van der Waals surface area contributed by atoms with Crippen molar-refractivity contribution in [2.24, 2.45) is 0 Å². The standard InChI is InChI=1S/C5H5IOS/c6-5-3-8-2-4(5)1-7/h2-3,7H,1H2. The van der Waals surface area contributed by atoms with Crippen LogP contribution < -0.4 is 0 Å². The Hall–Kier alpha value is 0.390. The van der Waals surface area contributed by atoms with Gasteiger partial charge in [0, 0.05) is 14.5 Å². The first-order valence-corrected chi connectivity index (χ1v) is 4.18. The molecule has 1 heterocycles. The van der Waals surface area contributed by atoms with Crippen molar-refractivity contribution in [2.45, 2.75) is 6.61 Å². The minimum absolute atomic E-state index is 0.168. The third-order valence-electron chi connectivity index (χ3n) is 0.859. The van der Waals surface area contributed by atoms with Crippen LogP contribution >= 0.6 is 33.9 Å². The van der Waals surface area contributed by atoms with E-state index in [4.69, 9.17) is 5.11 Å². The third kappa shape index (κ3) is 1.21. The molecular formula is C5H5IOS. The van der Waals surface area contributed by atoms with Crippen molar-refractivity contribution in [2.75, 3.05) is 0 Å². The Balaban J connectivity index is 2.92. The normalized spacial score (nSPS) is 9.75. The van der Waals surface area contributed by atoms with Gasteiger partial charge in [0.15, 0.2) is 0 Å². The maximum Gasteiger partial charge on any atom is 0.0700 e. The molecule has 0 unspecified atom stereocenters. The summed E-state index contributed by atoms with van der Waals surface area (Å²) in [5, 5.41) is 12.6. The quantitative estimate of drug-likeness (QED) is 0.742. The maximum atomic E-state index is 8.61. The lowest BCUT2D eigenvalue weighted by Crippen LogP contribution is -1.78. The first-order valence-electron chi connectivity index (χ1n) is 2.16. The van der Waals surface area contributed by atoms with E-state index in [2.05, 4.69) is 22.6 Å². The predicted octanol–water partition coefficient (Wildman–Crippen LogP) is 1.85. The summed E-state index contributed by atoms with van der Waals surface area (Å²) in [4.78, 5) is 0. The lowest BCUT2D eigenvalue weighted by atomic mass is 10.4. The number of rotatable bonds is 1. The van der Waals surface area contributed by atoms with E-state index >= 15 is 0 Å². The van der Waals surface area contributed by atoms with Crippen molar-refractivity contribution in [3.8, 4) is 0 Å². The van der Waals surface area contributed by atoms with Gasteiger partial charge in [-0.2, -0.15) is 11.3 Å². The zero-order chi connectivity index (χ0) is 5.98. The summed E-state index contributed by atoms with van der Waals surface area (Å²) in [5.41, 5.74) is 1.04. The van der Waals surface area contributed by atoms with Gasteiger partial charge in [0.2, 0.25) is 0 Å². The van der Waals surface area contributed by atoms with Crippen molar-refractivity contribution in [1.82, 2.24) is 0 Å². The Labute approximate surface area is 65.5 Å². The topological polar surface area (TPSA) is 20.2 Å². The molecule has 1 aromatic heterocycles. The molecule has 1 nitrogen and oxygen atoms in total. The van der Waals surface area contributed by atoms with E-state index in [1.165, 1.54) is 0 Å². The second-order valence-electron chi connectivity index (χ2n) is 1.40. The lowest BCUT2D eigenvalue weighted by Gasteiger charge is -1.85. The molecule has 0 bridgehead atoms. The van der Waals surface area contributed by atoms with Gasteiger partial charge < -0.3 is 5.11 Å². The predicted molar refractivity (Wildman–Crippen MR) is 43.0 cm³/mol. The Bertz CT molecular complexity index is 173. The van der Waals surface area contributed by atoms with Crippen LogP contribution in [-0.4, -0.2) is 5.11 Å². The fourth-order valence-electron chi connectivity index (χ4n) is 0.421. The monoisotopic (exact) mass is 240 g/mol. The molecule has 0 aliphatic carbocycles. The SMILES string of the molecule is OCc1cscc1I. The Morgan fingerprint density at radius 1 is 1.62 bits per heavy atom. The molecule has 0 radical (unpaired) electrons. The maximum absolute atomic E-state index is 8.61. The Kier molecular flexibility index (Phi) is 2.27. The molecule has 3 heteroatoms. The first-order chi connectivity index (χ1) is 3.84. The highest BCUT2D eigenvalue weighted by molar-refractivity contribution is 14.1. The number of hydrogen-bond donors (Lipinski definition) is 1. The summed E-state index contributed by atoms with van der Waals surface area (Å²) in [5.74, 6) is 0. The van der Waals surface area contributed by atoms with Crippen LogP contribution in [0.15, 0.2) is 10.8 Å². The molecule has 1 rings (SSSR count). The second-order valence-corrected chi connectivity index (χ2v) is 3.31. The van der Waals surface area contributed by atoms with Crippen LogP contribution in [0.1, 0.15) is 5.56 Å². The van der Waals surface area contributed by atoms with Crippen molar-refractivity contribution >= 4 is 33.9 Å². The molecule has 0 amide bonds. The van der Waals surface area contributed by atoms with E-state index in [9.17, 15) is 0 Å². The zero-order valence-electron chi connectivity index (χ0n) is 4.10. The van der Waals surface area contributed by atoms with E-state index in [1.807, 2.05) is 10.8 Å². The molecule has 1 N–H and O–H groups in total. The zero-order valence-corrected chi connectivity index (χ0v) is 7.07. The molecule has 1 aromatic rings. The summed E-state index contributed by atoms with van der Waals surface area (Å²) in [7, 11) is 0. The van der Waals surface area contributed by atoms with E-state index in [-0.39, 0.29) is 6.61 Å². The molecule has 0 aliphatic heterocycles. The van der Waals surface area contributed by atoms with Crippen LogP contribution in [0.3, 0.4) is 0 Å². The number of thiophene rings is 1. The summed E-state index contributed by atoms with van der Waals surface area (Å²) in [6.07, 6.45) is 0. The van der Waals surface area contributed by atoms with Crippen LogP contribution in [0.25, 0.3) is 0 Å². The van der Waals surface area contributed by atoms with Crippen LogP contribution in [0.2, 0.25) is 0 Å². The molecule has 0 fully saturated rings. The van der Waals surface area contributed by atoms with Crippen LogP contribution in [-0.2, 0) is 6.61 Å². The van der Waals surface area contributed by atoms with Gasteiger partial charge in [0.1, 0.15) is 0 Å². The molecule has 0 aromatic carbocycles. The number of aliphatic hydroxyl groups is 1. The number of aliphatic hydroxyl groups excluding tert-OH is 1. The van der Waals surface area contributed by atoms with Gasteiger partial charge in [0.05, 0.1) is 6.61 Å². The second kappa shape index (κ2) is 2.80. The molecule has 0 aliphatic rings. The van der Waals surface area contributed by atoms with Gasteiger partial charge in [-0.1, -0.05) is 0 Å². The Morgan fingerprint density at radius 2 is 2.38 bits per heavy atom. The average molecular weight is 240 g/mol. The van der Waals surface area contributed by atoms with Gasteiger partial charge >= 0.3 is 0 Å². The van der Waals surface area contributed by atoms with Crippen LogP contribution in [0.4, 0.5) is 0 Å². The van der Waals surface area contributed by atoms with Gasteiger partial charge in [-0.25, -0.2) is 0 Å². The minimum Gasteiger partial charge on any atom is -0.392 e. The molecule has 0 spiro atoms. The Morgan fingerprint density at radius 3 is 2.62 bits per heavy atom. The van der Waals surface area contributed by atoms with Crippen LogP contribution in [0.5, 0.6) is 0 Å². The van der Waals surface area contributed by atoms with Gasteiger partial charge in [0.25, 0.3) is 0 Å². The molecule has 44 valence electrons. The fraction of sp³-hybridized carbons (Fsp3) is 0.200.